The van der Waals surface area contributed by atoms with Crippen molar-refractivity contribution < 1.29 is 0 Å². The van der Waals surface area contributed by atoms with Gasteiger partial charge in [0.2, 0.25) is 0 Å². The maximum absolute atomic E-state index is 4.45. The lowest BCUT2D eigenvalue weighted by Crippen LogP contribution is -2.05. The Morgan fingerprint density at radius 2 is 1.75 bits per heavy atom. The minimum absolute atomic E-state index is 0.840. The van der Waals surface area contributed by atoms with E-state index in [-0.39, 0.29) is 0 Å². The van der Waals surface area contributed by atoms with Gasteiger partial charge < -0.3 is 5.32 Å². The van der Waals surface area contributed by atoms with Crippen LogP contribution in [0.5, 0.6) is 0 Å². The lowest BCUT2D eigenvalue weighted by molar-refractivity contribution is 0.933. The number of benzene rings is 2. The number of anilines is 1. The molecule has 0 radical (unpaired) electrons. The molecule has 1 aliphatic carbocycles. The number of nitrogens with zero attached hydrogens (tertiary/aromatic N) is 1. The number of nitrogens with one attached hydrogen (secondary N) is 1. The summed E-state index contributed by atoms with van der Waals surface area (Å²) < 4.78 is 0. The van der Waals surface area contributed by atoms with Crippen LogP contribution in [0.25, 0.3) is 11.1 Å². The first-order valence-electron chi connectivity index (χ1n) is 9.55. The average molecular weight is 367 g/mol. The molecule has 0 aromatic heterocycles. The quantitative estimate of drug-likeness (QED) is 0.393. The van der Waals surface area contributed by atoms with E-state index in [0.29, 0.717) is 0 Å². The van der Waals surface area contributed by atoms with Crippen LogP contribution >= 0.6 is 0 Å². The maximum Gasteiger partial charge on any atom is 0.0630 e. The van der Waals surface area contributed by atoms with Crippen molar-refractivity contribution in [3.05, 3.63) is 109 Å². The molecule has 28 heavy (non-hydrogen) atoms. The zero-order valence-corrected chi connectivity index (χ0v) is 16.1. The van der Waals surface area contributed by atoms with Crippen LogP contribution in [0, 0.1) is 0 Å². The third kappa shape index (κ3) is 5.82. The molecule has 0 spiro atoms. The highest BCUT2D eigenvalue weighted by molar-refractivity contribution is 5.83. The summed E-state index contributed by atoms with van der Waals surface area (Å²) in [6.07, 6.45) is 16.1. The van der Waals surface area contributed by atoms with Crippen LogP contribution in [0.2, 0.25) is 0 Å². The van der Waals surface area contributed by atoms with Crippen molar-refractivity contribution in [1.82, 2.24) is 0 Å². The predicted octanol–water partition coefficient (Wildman–Crippen LogP) is 7.04. The van der Waals surface area contributed by atoms with Crippen LogP contribution in [0.1, 0.15) is 12.8 Å². The van der Waals surface area contributed by atoms with E-state index in [1.807, 2.05) is 24.3 Å². The molecule has 0 heterocycles. The van der Waals surface area contributed by atoms with E-state index in [0.717, 1.165) is 36.3 Å². The van der Waals surface area contributed by atoms with E-state index in [1.54, 1.807) is 12.3 Å². The van der Waals surface area contributed by atoms with Crippen LogP contribution in [0.3, 0.4) is 0 Å². The SMILES string of the molecule is C=C/C=C\C(=C)C=Nc1ccc(-c2ccc(NCC3=CC=CCC3)cc2)cc1. The molecule has 3 rings (SSSR count). The fraction of sp³-hybridized carbons (Fsp3) is 0.115. The molecular formula is C26H26N2. The van der Waals surface area contributed by atoms with Crippen LogP contribution in [0.15, 0.2) is 114 Å². The van der Waals surface area contributed by atoms with E-state index in [9.17, 15) is 0 Å². The first-order valence-corrected chi connectivity index (χ1v) is 9.55. The number of hydrogen-bond donors (Lipinski definition) is 1. The average Bonchev–Trinajstić information content (AvgIpc) is 2.76. The molecule has 2 aromatic carbocycles. The zero-order valence-electron chi connectivity index (χ0n) is 16.1. The molecule has 0 bridgehead atoms. The number of hydrogen-bond acceptors (Lipinski definition) is 2. The van der Waals surface area contributed by atoms with Crippen molar-refractivity contribution in [2.24, 2.45) is 4.99 Å². The molecule has 2 nitrogen and oxygen atoms in total. The minimum atomic E-state index is 0.840. The lowest BCUT2D eigenvalue weighted by Gasteiger charge is -2.12. The molecule has 1 aliphatic rings. The molecule has 1 N–H and O–H groups in total. The summed E-state index contributed by atoms with van der Waals surface area (Å²) in [5.74, 6) is 0. The summed E-state index contributed by atoms with van der Waals surface area (Å²) in [6.45, 7) is 8.48. The van der Waals surface area contributed by atoms with Crippen molar-refractivity contribution in [3.8, 4) is 11.1 Å². The van der Waals surface area contributed by atoms with Crippen LogP contribution in [0.4, 0.5) is 11.4 Å². The second kappa shape index (κ2) is 10.1. The van der Waals surface area contributed by atoms with Crippen molar-refractivity contribution in [3.63, 3.8) is 0 Å². The van der Waals surface area contributed by atoms with Gasteiger partial charge in [0.05, 0.1) is 5.69 Å². The van der Waals surface area contributed by atoms with Crippen LogP contribution in [-0.2, 0) is 0 Å². The first-order chi connectivity index (χ1) is 13.7. The van der Waals surface area contributed by atoms with E-state index < -0.39 is 0 Å². The van der Waals surface area contributed by atoms with Gasteiger partial charge in [-0.05, 0) is 53.8 Å². The van der Waals surface area contributed by atoms with Crippen molar-refractivity contribution >= 4 is 17.6 Å². The monoisotopic (exact) mass is 366 g/mol. The molecule has 0 aliphatic heterocycles. The standard InChI is InChI=1S/C26H26N2/c1-3-4-8-21(2)19-27-25-15-11-23(12-16-25)24-13-17-26(18-14-24)28-20-22-9-6-5-7-10-22/h3-6,8-9,11-19,28H,1-2,7,10,20H2/b8-4-,27-19?. The number of allylic oxidation sites excluding steroid dienone is 7. The van der Waals surface area contributed by atoms with Crippen molar-refractivity contribution in [2.45, 2.75) is 12.8 Å². The van der Waals surface area contributed by atoms with E-state index in [4.69, 9.17) is 0 Å². The normalized spacial score (nSPS) is 13.6. The molecule has 0 amide bonds. The molecule has 0 saturated carbocycles. The summed E-state index contributed by atoms with van der Waals surface area (Å²) in [5, 5.41) is 3.50. The van der Waals surface area contributed by atoms with E-state index in [2.05, 4.69) is 78.1 Å². The van der Waals surface area contributed by atoms with Gasteiger partial charge in [-0.3, -0.25) is 4.99 Å². The Morgan fingerprint density at radius 3 is 2.39 bits per heavy atom. The Hall–Kier alpha value is -3.39. The number of rotatable bonds is 8. The Morgan fingerprint density at radius 1 is 1.04 bits per heavy atom. The van der Waals surface area contributed by atoms with Crippen molar-refractivity contribution in [1.29, 1.82) is 0 Å². The molecule has 0 atom stereocenters. The van der Waals surface area contributed by atoms with Gasteiger partial charge in [-0.15, -0.1) is 0 Å². The smallest absolute Gasteiger partial charge is 0.0630 e. The van der Waals surface area contributed by atoms with Gasteiger partial charge in [-0.1, -0.05) is 79.5 Å². The predicted molar refractivity (Wildman–Crippen MR) is 123 cm³/mol. The van der Waals surface area contributed by atoms with E-state index in [1.165, 1.54) is 16.7 Å². The third-order valence-electron chi connectivity index (χ3n) is 4.53. The fourth-order valence-corrected chi connectivity index (χ4v) is 2.93. The van der Waals surface area contributed by atoms with Crippen LogP contribution < -0.4 is 5.32 Å². The Labute approximate surface area is 168 Å². The molecule has 0 saturated heterocycles. The van der Waals surface area contributed by atoms with Gasteiger partial charge in [0.25, 0.3) is 0 Å². The van der Waals surface area contributed by atoms with Gasteiger partial charge >= 0.3 is 0 Å². The van der Waals surface area contributed by atoms with E-state index >= 15 is 0 Å². The molecule has 0 fully saturated rings. The highest BCUT2D eigenvalue weighted by atomic mass is 14.9. The zero-order chi connectivity index (χ0) is 19.6. The second-order valence-corrected chi connectivity index (χ2v) is 6.70. The van der Waals surface area contributed by atoms with Gasteiger partial charge in [0.15, 0.2) is 0 Å². The highest BCUT2D eigenvalue weighted by Crippen LogP contribution is 2.24. The molecule has 0 unspecified atom stereocenters. The Kier molecular flexibility index (Phi) is 6.97. The topological polar surface area (TPSA) is 24.4 Å². The first kappa shape index (κ1) is 19.4. The highest BCUT2D eigenvalue weighted by Gasteiger charge is 2.01. The lowest BCUT2D eigenvalue weighted by atomic mass is 10.0. The molecular weight excluding hydrogens is 340 g/mol. The summed E-state index contributed by atoms with van der Waals surface area (Å²) in [5.41, 5.74) is 6.71. The second-order valence-electron chi connectivity index (χ2n) is 6.70. The molecule has 2 aromatic rings. The van der Waals surface area contributed by atoms with Gasteiger partial charge in [0.1, 0.15) is 0 Å². The van der Waals surface area contributed by atoms with Gasteiger partial charge in [-0.25, -0.2) is 0 Å². The summed E-state index contributed by atoms with van der Waals surface area (Å²) >= 11 is 0. The Bertz CT molecular complexity index is 923. The summed E-state index contributed by atoms with van der Waals surface area (Å²) in [6, 6.07) is 16.8. The third-order valence-corrected chi connectivity index (χ3v) is 4.53. The summed E-state index contributed by atoms with van der Waals surface area (Å²) in [7, 11) is 0. The summed E-state index contributed by atoms with van der Waals surface area (Å²) in [4.78, 5) is 4.45. The largest absolute Gasteiger partial charge is 0.381 e. The van der Waals surface area contributed by atoms with Crippen molar-refractivity contribution in [2.75, 3.05) is 11.9 Å². The maximum atomic E-state index is 4.45. The fourth-order valence-electron chi connectivity index (χ4n) is 2.93. The van der Waals surface area contributed by atoms with Crippen LogP contribution in [-0.4, -0.2) is 12.8 Å². The number of aliphatic imine (C=N–C) groups is 1. The minimum Gasteiger partial charge on any atom is -0.381 e. The molecule has 140 valence electrons. The molecule has 2 heteroatoms. The van der Waals surface area contributed by atoms with Gasteiger partial charge in [-0.2, -0.15) is 0 Å². The Balaban J connectivity index is 1.59. The van der Waals surface area contributed by atoms with Gasteiger partial charge in [0, 0.05) is 18.4 Å².